The Kier molecular flexibility index (Phi) is 3.93. The van der Waals surface area contributed by atoms with Gasteiger partial charge in [-0.1, -0.05) is 0 Å². The first-order chi connectivity index (χ1) is 7.47. The van der Waals surface area contributed by atoms with Crippen LogP contribution in [0.2, 0.25) is 0 Å². The lowest BCUT2D eigenvalue weighted by atomic mass is 10.3. The third-order valence-corrected chi connectivity index (χ3v) is 2.48. The highest BCUT2D eigenvalue weighted by molar-refractivity contribution is 5.88. The zero-order valence-electron chi connectivity index (χ0n) is 10.5. The Morgan fingerprint density at radius 2 is 2.25 bits per heavy atom. The minimum Gasteiger partial charge on any atom is -0.461 e. The summed E-state index contributed by atoms with van der Waals surface area (Å²) in [5, 5.41) is 4.13. The summed E-state index contributed by atoms with van der Waals surface area (Å²) in [7, 11) is 3.79. The van der Waals surface area contributed by atoms with Gasteiger partial charge in [0.2, 0.25) is 0 Å². The normalized spacial score (nSPS) is 10.6. The van der Waals surface area contributed by atoms with E-state index < -0.39 is 0 Å². The Labute approximate surface area is 96.0 Å². The molecule has 0 aliphatic heterocycles. The summed E-state index contributed by atoms with van der Waals surface area (Å²) in [6.45, 7) is 6.31. The van der Waals surface area contributed by atoms with Crippen LogP contribution in [0, 0.1) is 0 Å². The van der Waals surface area contributed by atoms with E-state index in [2.05, 4.69) is 23.8 Å². The zero-order valence-corrected chi connectivity index (χ0v) is 10.5. The first-order valence-electron chi connectivity index (χ1n) is 5.41. The van der Waals surface area contributed by atoms with Crippen molar-refractivity contribution in [1.29, 1.82) is 0 Å². The number of ether oxygens (including phenoxy) is 1. The van der Waals surface area contributed by atoms with E-state index >= 15 is 0 Å². The summed E-state index contributed by atoms with van der Waals surface area (Å²) in [4.78, 5) is 13.5. The van der Waals surface area contributed by atoms with Gasteiger partial charge in [0.15, 0.2) is 5.69 Å². The van der Waals surface area contributed by atoms with Gasteiger partial charge < -0.3 is 9.64 Å². The summed E-state index contributed by atoms with van der Waals surface area (Å²) < 4.78 is 6.59. The summed E-state index contributed by atoms with van der Waals surface area (Å²) in [5.74, 6) is 0.527. The lowest BCUT2D eigenvalue weighted by Gasteiger charge is -2.22. The third kappa shape index (κ3) is 2.53. The van der Waals surface area contributed by atoms with Crippen molar-refractivity contribution in [1.82, 2.24) is 9.78 Å². The molecule has 0 bridgehead atoms. The lowest BCUT2D eigenvalue weighted by Crippen LogP contribution is -2.27. The molecule has 0 saturated carbocycles. The summed E-state index contributed by atoms with van der Waals surface area (Å²) >= 11 is 0. The Morgan fingerprint density at radius 1 is 1.62 bits per heavy atom. The number of esters is 1. The molecule has 1 aromatic rings. The van der Waals surface area contributed by atoms with Crippen LogP contribution in [0.1, 0.15) is 31.3 Å². The molecule has 90 valence electrons. The second kappa shape index (κ2) is 5.01. The van der Waals surface area contributed by atoms with Gasteiger partial charge in [-0.05, 0) is 20.8 Å². The number of rotatable bonds is 4. The Morgan fingerprint density at radius 3 is 2.75 bits per heavy atom. The molecule has 1 rings (SSSR count). The summed E-state index contributed by atoms with van der Waals surface area (Å²) in [6.07, 6.45) is 0. The molecule has 0 fully saturated rings. The van der Waals surface area contributed by atoms with Gasteiger partial charge in [0, 0.05) is 26.2 Å². The Bertz CT molecular complexity index is 371. The molecular weight excluding hydrogens is 206 g/mol. The molecule has 0 unspecified atom stereocenters. The zero-order chi connectivity index (χ0) is 12.3. The van der Waals surface area contributed by atoms with Crippen LogP contribution in [0.4, 0.5) is 5.82 Å². The van der Waals surface area contributed by atoms with Crippen LogP contribution in [-0.4, -0.2) is 35.4 Å². The van der Waals surface area contributed by atoms with Crippen molar-refractivity contribution >= 4 is 11.8 Å². The van der Waals surface area contributed by atoms with Crippen molar-refractivity contribution in [3.05, 3.63) is 11.8 Å². The van der Waals surface area contributed by atoms with Crippen molar-refractivity contribution in [3.63, 3.8) is 0 Å². The number of anilines is 1. The third-order valence-electron chi connectivity index (χ3n) is 2.48. The van der Waals surface area contributed by atoms with Crippen LogP contribution in [0.5, 0.6) is 0 Å². The molecule has 0 aromatic carbocycles. The minimum absolute atomic E-state index is 0.352. The van der Waals surface area contributed by atoms with E-state index in [1.807, 2.05) is 14.1 Å². The molecule has 0 atom stereocenters. The van der Waals surface area contributed by atoms with Gasteiger partial charge >= 0.3 is 5.97 Å². The highest BCUT2D eigenvalue weighted by atomic mass is 16.5. The van der Waals surface area contributed by atoms with Crippen molar-refractivity contribution in [2.24, 2.45) is 7.05 Å². The van der Waals surface area contributed by atoms with Gasteiger partial charge in [-0.3, -0.25) is 4.68 Å². The van der Waals surface area contributed by atoms with Gasteiger partial charge in [-0.25, -0.2) is 4.79 Å². The maximum atomic E-state index is 11.5. The number of aromatic nitrogens is 2. The van der Waals surface area contributed by atoms with Crippen molar-refractivity contribution in [2.75, 3.05) is 18.6 Å². The number of nitrogens with zero attached hydrogens (tertiary/aromatic N) is 3. The topological polar surface area (TPSA) is 47.4 Å². The first kappa shape index (κ1) is 12.5. The average molecular weight is 225 g/mol. The van der Waals surface area contributed by atoms with Crippen LogP contribution in [0.15, 0.2) is 6.07 Å². The van der Waals surface area contributed by atoms with Crippen molar-refractivity contribution in [2.45, 2.75) is 26.8 Å². The lowest BCUT2D eigenvalue weighted by molar-refractivity contribution is 0.0518. The molecule has 1 heterocycles. The summed E-state index contributed by atoms with van der Waals surface area (Å²) in [5.41, 5.74) is 0.354. The fourth-order valence-corrected chi connectivity index (χ4v) is 1.36. The van der Waals surface area contributed by atoms with Gasteiger partial charge in [-0.2, -0.15) is 5.10 Å². The summed E-state index contributed by atoms with van der Waals surface area (Å²) in [6, 6.07) is 2.10. The first-order valence-corrected chi connectivity index (χ1v) is 5.41. The van der Waals surface area contributed by atoms with Crippen LogP contribution in [0.25, 0.3) is 0 Å². The maximum absolute atomic E-state index is 11.5. The number of hydrogen-bond acceptors (Lipinski definition) is 4. The molecule has 0 N–H and O–H groups in total. The molecule has 5 heteroatoms. The van der Waals surface area contributed by atoms with Crippen molar-refractivity contribution < 1.29 is 9.53 Å². The number of aryl methyl sites for hydroxylation is 1. The van der Waals surface area contributed by atoms with Gasteiger partial charge in [0.1, 0.15) is 5.82 Å². The van der Waals surface area contributed by atoms with Crippen molar-refractivity contribution in [3.8, 4) is 0 Å². The quantitative estimate of drug-likeness (QED) is 0.727. The highest BCUT2D eigenvalue weighted by Crippen LogP contribution is 2.16. The van der Waals surface area contributed by atoms with E-state index in [0.717, 1.165) is 5.82 Å². The van der Waals surface area contributed by atoms with E-state index in [1.54, 1.807) is 17.7 Å². The van der Waals surface area contributed by atoms with E-state index in [-0.39, 0.29) is 5.97 Å². The molecule has 0 aliphatic rings. The fraction of sp³-hybridized carbons (Fsp3) is 0.636. The van der Waals surface area contributed by atoms with Gasteiger partial charge in [0.25, 0.3) is 0 Å². The van der Waals surface area contributed by atoms with E-state index in [9.17, 15) is 4.79 Å². The second-order valence-electron chi connectivity index (χ2n) is 3.94. The fourth-order valence-electron chi connectivity index (χ4n) is 1.36. The molecule has 0 radical (unpaired) electrons. The standard InChI is InChI=1S/C11H19N3O2/c1-6-16-11(15)9-7-10(14(5)12-9)13(4)8(2)3/h7-8H,6H2,1-5H3. The molecule has 0 spiro atoms. The number of hydrogen-bond donors (Lipinski definition) is 0. The van der Waals surface area contributed by atoms with Gasteiger partial charge in [-0.15, -0.1) is 0 Å². The molecule has 0 saturated heterocycles. The predicted molar refractivity (Wildman–Crippen MR) is 62.7 cm³/mol. The SMILES string of the molecule is CCOC(=O)c1cc(N(C)C(C)C)n(C)n1. The largest absolute Gasteiger partial charge is 0.461 e. The van der Waals surface area contributed by atoms with E-state index in [4.69, 9.17) is 4.74 Å². The molecule has 16 heavy (non-hydrogen) atoms. The van der Waals surface area contributed by atoms with Crippen LogP contribution >= 0.6 is 0 Å². The molecule has 0 aliphatic carbocycles. The molecule has 1 aromatic heterocycles. The van der Waals surface area contributed by atoms with Crippen LogP contribution in [-0.2, 0) is 11.8 Å². The molecular formula is C11H19N3O2. The predicted octanol–water partition coefficient (Wildman–Crippen LogP) is 1.44. The monoisotopic (exact) mass is 225 g/mol. The molecule has 5 nitrogen and oxygen atoms in total. The Hall–Kier alpha value is -1.52. The highest BCUT2D eigenvalue weighted by Gasteiger charge is 2.16. The Balaban J connectivity index is 2.93. The average Bonchev–Trinajstić information content (AvgIpc) is 2.59. The number of carbonyl (C=O) groups is 1. The molecule has 0 amide bonds. The minimum atomic E-state index is -0.374. The van der Waals surface area contributed by atoms with Gasteiger partial charge in [0.05, 0.1) is 6.61 Å². The second-order valence-corrected chi connectivity index (χ2v) is 3.94. The van der Waals surface area contributed by atoms with Crippen LogP contribution in [0.3, 0.4) is 0 Å². The number of carbonyl (C=O) groups excluding carboxylic acids is 1. The van der Waals surface area contributed by atoms with E-state index in [0.29, 0.717) is 18.3 Å². The van der Waals surface area contributed by atoms with Crippen LogP contribution < -0.4 is 4.90 Å². The van der Waals surface area contributed by atoms with E-state index in [1.165, 1.54) is 0 Å². The smallest absolute Gasteiger partial charge is 0.358 e. The maximum Gasteiger partial charge on any atom is 0.358 e.